The highest BCUT2D eigenvalue weighted by molar-refractivity contribution is 5.79. The highest BCUT2D eigenvalue weighted by Crippen LogP contribution is 2.08. The lowest BCUT2D eigenvalue weighted by atomic mass is 10.1. The molecular formula is C21H29FN4. The second-order valence-electron chi connectivity index (χ2n) is 6.19. The van der Waals surface area contributed by atoms with Crippen molar-refractivity contribution < 1.29 is 4.39 Å². The molecule has 0 spiro atoms. The first kappa shape index (κ1) is 19.9. The minimum Gasteiger partial charge on any atom is -0.352 e. The summed E-state index contributed by atoms with van der Waals surface area (Å²) in [5.41, 5.74) is 3.41. The van der Waals surface area contributed by atoms with Crippen LogP contribution in [0, 0.1) is 5.82 Å². The number of benzene rings is 2. The van der Waals surface area contributed by atoms with Crippen LogP contribution < -0.4 is 10.6 Å². The number of halogens is 1. The van der Waals surface area contributed by atoms with E-state index < -0.39 is 0 Å². The van der Waals surface area contributed by atoms with Crippen molar-refractivity contribution in [2.75, 3.05) is 20.1 Å². The number of guanidine groups is 1. The van der Waals surface area contributed by atoms with Crippen LogP contribution in [0.2, 0.25) is 0 Å². The van der Waals surface area contributed by atoms with Crippen LogP contribution in [-0.2, 0) is 19.6 Å². The number of nitrogens with one attached hydrogen (secondary N) is 2. The van der Waals surface area contributed by atoms with E-state index in [1.807, 2.05) is 6.07 Å². The van der Waals surface area contributed by atoms with Crippen molar-refractivity contribution in [3.8, 4) is 0 Å². The summed E-state index contributed by atoms with van der Waals surface area (Å²) in [5, 5.41) is 6.52. The largest absolute Gasteiger partial charge is 0.352 e. The number of hydrogen-bond acceptors (Lipinski definition) is 2. The maximum atomic E-state index is 13.2. The fourth-order valence-corrected chi connectivity index (χ4v) is 2.78. The van der Waals surface area contributed by atoms with Gasteiger partial charge in [0.05, 0.1) is 0 Å². The summed E-state index contributed by atoms with van der Waals surface area (Å²) in [5.74, 6) is 0.473. The Bertz CT molecular complexity index is 711. The number of nitrogens with zero attached hydrogens (tertiary/aromatic N) is 2. The third kappa shape index (κ3) is 6.48. The third-order valence-electron chi connectivity index (χ3n) is 4.32. The lowest BCUT2D eigenvalue weighted by molar-refractivity contribution is 0.296. The summed E-state index contributed by atoms with van der Waals surface area (Å²) >= 11 is 0. The van der Waals surface area contributed by atoms with Crippen LogP contribution in [0.25, 0.3) is 0 Å². The normalized spacial score (nSPS) is 11.7. The molecule has 2 rings (SSSR count). The Kier molecular flexibility index (Phi) is 8.09. The minimum atomic E-state index is -0.225. The summed E-state index contributed by atoms with van der Waals surface area (Å²) in [4.78, 5) is 6.63. The van der Waals surface area contributed by atoms with Crippen molar-refractivity contribution in [3.63, 3.8) is 0 Å². The Balaban J connectivity index is 1.88. The Hall–Kier alpha value is -2.40. The van der Waals surface area contributed by atoms with Crippen LogP contribution in [0.4, 0.5) is 4.39 Å². The molecule has 0 heterocycles. The summed E-state index contributed by atoms with van der Waals surface area (Å²) in [6.45, 7) is 8.65. The standard InChI is InChI=1S/C21H29FN4/c1-4-26(5-2)16-19-10-6-8-17(12-19)14-24-21(23-3)25-15-18-9-7-11-20(22)13-18/h6-13H,4-5,14-16H2,1-3H3,(H2,23,24,25). The molecule has 4 nitrogen and oxygen atoms in total. The summed E-state index contributed by atoms with van der Waals surface area (Å²) in [7, 11) is 1.73. The maximum Gasteiger partial charge on any atom is 0.191 e. The molecule has 0 bridgehead atoms. The van der Waals surface area contributed by atoms with Gasteiger partial charge in [-0.1, -0.05) is 50.2 Å². The van der Waals surface area contributed by atoms with E-state index in [4.69, 9.17) is 0 Å². The van der Waals surface area contributed by atoms with Gasteiger partial charge >= 0.3 is 0 Å². The molecule has 0 aliphatic carbocycles. The molecule has 2 N–H and O–H groups in total. The molecule has 26 heavy (non-hydrogen) atoms. The Morgan fingerprint density at radius 3 is 2.08 bits per heavy atom. The van der Waals surface area contributed by atoms with Crippen LogP contribution >= 0.6 is 0 Å². The fraction of sp³-hybridized carbons (Fsp3) is 0.381. The lowest BCUT2D eigenvalue weighted by Crippen LogP contribution is -2.36. The van der Waals surface area contributed by atoms with Gasteiger partial charge in [0.15, 0.2) is 5.96 Å². The first-order valence-corrected chi connectivity index (χ1v) is 9.13. The third-order valence-corrected chi connectivity index (χ3v) is 4.32. The van der Waals surface area contributed by atoms with Crippen LogP contribution in [0.1, 0.15) is 30.5 Å². The van der Waals surface area contributed by atoms with E-state index in [1.165, 1.54) is 23.3 Å². The van der Waals surface area contributed by atoms with Gasteiger partial charge in [-0.15, -0.1) is 0 Å². The SMILES string of the molecule is CCN(CC)Cc1cccc(CNC(=NC)NCc2cccc(F)c2)c1. The average Bonchev–Trinajstić information content (AvgIpc) is 2.66. The molecule has 0 saturated carbocycles. The molecule has 0 amide bonds. The van der Waals surface area contributed by atoms with Gasteiger partial charge < -0.3 is 10.6 Å². The van der Waals surface area contributed by atoms with Gasteiger partial charge in [-0.2, -0.15) is 0 Å². The van der Waals surface area contributed by atoms with E-state index in [2.05, 4.69) is 58.6 Å². The molecule has 0 unspecified atom stereocenters. The monoisotopic (exact) mass is 356 g/mol. The molecule has 0 atom stereocenters. The Morgan fingerprint density at radius 2 is 1.50 bits per heavy atom. The smallest absolute Gasteiger partial charge is 0.191 e. The molecular weight excluding hydrogens is 327 g/mol. The van der Waals surface area contributed by atoms with Gasteiger partial charge in [0, 0.05) is 26.7 Å². The van der Waals surface area contributed by atoms with Crippen LogP contribution in [0.5, 0.6) is 0 Å². The first-order valence-electron chi connectivity index (χ1n) is 9.13. The van der Waals surface area contributed by atoms with Gasteiger partial charge in [-0.05, 0) is 41.9 Å². The molecule has 0 aromatic heterocycles. The average molecular weight is 356 g/mol. The van der Waals surface area contributed by atoms with Crippen molar-refractivity contribution in [2.24, 2.45) is 4.99 Å². The predicted octanol–water partition coefficient (Wildman–Crippen LogP) is 3.53. The summed E-state index contributed by atoms with van der Waals surface area (Å²) in [6, 6.07) is 15.2. The van der Waals surface area contributed by atoms with Gasteiger partial charge in [0.25, 0.3) is 0 Å². The summed E-state index contributed by atoms with van der Waals surface area (Å²) < 4.78 is 13.2. The molecule has 140 valence electrons. The molecule has 2 aromatic rings. The molecule has 5 heteroatoms. The maximum absolute atomic E-state index is 13.2. The zero-order valence-electron chi connectivity index (χ0n) is 15.9. The van der Waals surface area contributed by atoms with E-state index in [0.29, 0.717) is 19.0 Å². The Labute approximate surface area is 156 Å². The van der Waals surface area contributed by atoms with E-state index >= 15 is 0 Å². The molecule has 0 saturated heterocycles. The molecule has 0 aliphatic rings. The van der Waals surface area contributed by atoms with Crippen molar-refractivity contribution >= 4 is 5.96 Å². The van der Waals surface area contributed by atoms with Gasteiger partial charge in [-0.3, -0.25) is 9.89 Å². The number of aliphatic imine (C=N–C) groups is 1. The number of rotatable bonds is 8. The first-order chi connectivity index (χ1) is 12.6. The van der Waals surface area contributed by atoms with E-state index in [-0.39, 0.29) is 5.82 Å². The van der Waals surface area contributed by atoms with E-state index in [0.717, 1.165) is 25.2 Å². The second kappa shape index (κ2) is 10.6. The van der Waals surface area contributed by atoms with Crippen molar-refractivity contribution in [2.45, 2.75) is 33.5 Å². The van der Waals surface area contributed by atoms with Gasteiger partial charge in [0.2, 0.25) is 0 Å². The zero-order valence-corrected chi connectivity index (χ0v) is 15.9. The van der Waals surface area contributed by atoms with Gasteiger partial charge in [-0.25, -0.2) is 4.39 Å². The highest BCUT2D eigenvalue weighted by Gasteiger charge is 2.04. The number of hydrogen-bond donors (Lipinski definition) is 2. The summed E-state index contributed by atoms with van der Waals surface area (Å²) in [6.07, 6.45) is 0. The van der Waals surface area contributed by atoms with Crippen molar-refractivity contribution in [1.29, 1.82) is 0 Å². The second-order valence-corrected chi connectivity index (χ2v) is 6.19. The van der Waals surface area contributed by atoms with Crippen LogP contribution in [0.3, 0.4) is 0 Å². The fourth-order valence-electron chi connectivity index (χ4n) is 2.78. The molecule has 0 aliphatic heterocycles. The van der Waals surface area contributed by atoms with E-state index in [1.54, 1.807) is 13.1 Å². The zero-order chi connectivity index (χ0) is 18.8. The van der Waals surface area contributed by atoms with Crippen molar-refractivity contribution in [3.05, 3.63) is 71.0 Å². The topological polar surface area (TPSA) is 39.7 Å². The van der Waals surface area contributed by atoms with Crippen molar-refractivity contribution in [1.82, 2.24) is 15.5 Å². The molecule has 2 aromatic carbocycles. The predicted molar refractivity (Wildman–Crippen MR) is 107 cm³/mol. The quantitative estimate of drug-likeness (QED) is 0.561. The highest BCUT2D eigenvalue weighted by atomic mass is 19.1. The van der Waals surface area contributed by atoms with E-state index in [9.17, 15) is 4.39 Å². The van der Waals surface area contributed by atoms with Crippen LogP contribution in [0.15, 0.2) is 53.5 Å². The minimum absolute atomic E-state index is 0.225. The molecule has 0 radical (unpaired) electrons. The van der Waals surface area contributed by atoms with Crippen LogP contribution in [-0.4, -0.2) is 31.0 Å². The lowest BCUT2D eigenvalue weighted by Gasteiger charge is -2.18. The van der Waals surface area contributed by atoms with Gasteiger partial charge in [0.1, 0.15) is 5.82 Å². The Morgan fingerprint density at radius 1 is 0.923 bits per heavy atom. The molecule has 0 fully saturated rings.